The molecule has 0 saturated carbocycles. The first kappa shape index (κ1) is 15.2. The molecule has 3 aromatic rings. The number of methoxy groups -OCH3 is 1. The molecule has 0 spiro atoms. The lowest BCUT2D eigenvalue weighted by Crippen LogP contribution is -2.13. The number of ether oxygens (including phenoxy) is 1. The molecule has 1 aromatic heterocycles. The normalized spacial score (nSPS) is 11.0. The zero-order valence-corrected chi connectivity index (χ0v) is 13.3. The Morgan fingerprint density at radius 1 is 1.26 bits per heavy atom. The van der Waals surface area contributed by atoms with Crippen LogP contribution in [0, 0.1) is 19.7 Å². The molecule has 0 aliphatic heterocycles. The second kappa shape index (κ2) is 5.83. The Hall–Kier alpha value is -2.69. The van der Waals surface area contributed by atoms with Crippen LogP contribution in [0.2, 0.25) is 0 Å². The Kier molecular flexibility index (Phi) is 3.86. The van der Waals surface area contributed by atoms with Gasteiger partial charge in [-0.2, -0.15) is 5.10 Å². The van der Waals surface area contributed by atoms with E-state index in [-0.39, 0.29) is 12.4 Å². The molecule has 0 fully saturated rings. The highest BCUT2D eigenvalue weighted by Gasteiger charge is 2.18. The molecule has 0 bridgehead atoms. The van der Waals surface area contributed by atoms with E-state index in [1.807, 2.05) is 32.0 Å². The van der Waals surface area contributed by atoms with E-state index in [2.05, 4.69) is 5.10 Å². The zero-order valence-electron chi connectivity index (χ0n) is 13.3. The second-order valence-electron chi connectivity index (χ2n) is 5.54. The van der Waals surface area contributed by atoms with Crippen LogP contribution in [0.25, 0.3) is 22.2 Å². The highest BCUT2D eigenvalue weighted by molar-refractivity contribution is 5.95. The number of benzene rings is 2. The van der Waals surface area contributed by atoms with Gasteiger partial charge in [0.25, 0.3) is 0 Å². The van der Waals surface area contributed by atoms with Crippen LogP contribution in [-0.4, -0.2) is 22.9 Å². The Bertz CT molecular complexity index is 899. The summed E-state index contributed by atoms with van der Waals surface area (Å²) in [7, 11) is 1.34. The van der Waals surface area contributed by atoms with Gasteiger partial charge >= 0.3 is 5.97 Å². The third-order valence-electron chi connectivity index (χ3n) is 3.86. The molecule has 0 radical (unpaired) electrons. The number of nitrogens with zero attached hydrogens (tertiary/aromatic N) is 2. The van der Waals surface area contributed by atoms with E-state index < -0.39 is 5.97 Å². The van der Waals surface area contributed by atoms with Gasteiger partial charge in [-0.3, -0.25) is 9.48 Å². The number of hydrogen-bond donors (Lipinski definition) is 0. The number of hydrogen-bond acceptors (Lipinski definition) is 3. The van der Waals surface area contributed by atoms with Crippen molar-refractivity contribution < 1.29 is 13.9 Å². The molecule has 0 saturated heterocycles. The van der Waals surface area contributed by atoms with Crippen LogP contribution >= 0.6 is 0 Å². The van der Waals surface area contributed by atoms with Crippen molar-refractivity contribution in [2.45, 2.75) is 20.4 Å². The quantitative estimate of drug-likeness (QED) is 0.694. The van der Waals surface area contributed by atoms with Gasteiger partial charge in [-0.1, -0.05) is 29.8 Å². The number of rotatable bonds is 3. The summed E-state index contributed by atoms with van der Waals surface area (Å²) in [6, 6.07) is 10.7. The van der Waals surface area contributed by atoms with Crippen molar-refractivity contribution >= 4 is 16.9 Å². The van der Waals surface area contributed by atoms with Crippen molar-refractivity contribution in [2.24, 2.45) is 0 Å². The molecular formula is C18H17FN2O2. The number of aromatic nitrogens is 2. The molecule has 2 aromatic carbocycles. The van der Waals surface area contributed by atoms with Crippen LogP contribution in [0.15, 0.2) is 36.4 Å². The predicted molar refractivity (Wildman–Crippen MR) is 86.6 cm³/mol. The number of esters is 1. The molecule has 1 heterocycles. The van der Waals surface area contributed by atoms with Gasteiger partial charge in [-0.15, -0.1) is 0 Å². The summed E-state index contributed by atoms with van der Waals surface area (Å²) in [6.07, 6.45) is 0. The molecule has 4 nitrogen and oxygen atoms in total. The Balaban J connectivity index is 2.28. The SMILES string of the molecule is COC(=O)Cn1nc(-c2cc(C)ccc2F)c2cccc(C)c21. The van der Waals surface area contributed by atoms with Crippen molar-refractivity contribution in [2.75, 3.05) is 7.11 Å². The van der Waals surface area contributed by atoms with Crippen LogP contribution in [0.4, 0.5) is 4.39 Å². The second-order valence-corrected chi connectivity index (χ2v) is 5.54. The van der Waals surface area contributed by atoms with Crippen molar-refractivity contribution in [3.05, 3.63) is 53.3 Å². The first-order chi connectivity index (χ1) is 11.0. The van der Waals surface area contributed by atoms with Gasteiger partial charge in [0.05, 0.1) is 12.6 Å². The monoisotopic (exact) mass is 312 g/mol. The Labute approximate surface area is 133 Å². The lowest BCUT2D eigenvalue weighted by Gasteiger charge is -2.03. The average molecular weight is 312 g/mol. The molecule has 0 aliphatic rings. The van der Waals surface area contributed by atoms with Crippen LogP contribution in [0.1, 0.15) is 11.1 Å². The number of para-hydroxylation sites is 1. The maximum Gasteiger partial charge on any atom is 0.327 e. The minimum Gasteiger partial charge on any atom is -0.468 e. The van der Waals surface area contributed by atoms with Gasteiger partial charge < -0.3 is 4.74 Å². The fourth-order valence-corrected chi connectivity index (χ4v) is 2.74. The Morgan fingerprint density at radius 3 is 2.78 bits per heavy atom. The third kappa shape index (κ3) is 2.70. The highest BCUT2D eigenvalue weighted by atomic mass is 19.1. The van der Waals surface area contributed by atoms with Crippen molar-refractivity contribution in [3.63, 3.8) is 0 Å². The number of aryl methyl sites for hydroxylation is 2. The van der Waals surface area contributed by atoms with Gasteiger partial charge in [0.15, 0.2) is 0 Å². The number of fused-ring (bicyclic) bond motifs is 1. The van der Waals surface area contributed by atoms with E-state index in [4.69, 9.17) is 4.74 Å². The summed E-state index contributed by atoms with van der Waals surface area (Å²) in [6.45, 7) is 3.83. The minimum atomic E-state index is -0.395. The molecule has 118 valence electrons. The molecular weight excluding hydrogens is 295 g/mol. The third-order valence-corrected chi connectivity index (χ3v) is 3.86. The smallest absolute Gasteiger partial charge is 0.327 e. The topological polar surface area (TPSA) is 44.1 Å². The van der Waals surface area contributed by atoms with Gasteiger partial charge in [-0.05, 0) is 31.5 Å². The summed E-state index contributed by atoms with van der Waals surface area (Å²) in [5.74, 6) is -0.726. The maximum absolute atomic E-state index is 14.3. The molecule has 0 unspecified atom stereocenters. The van der Waals surface area contributed by atoms with E-state index in [1.54, 1.807) is 16.8 Å². The van der Waals surface area contributed by atoms with E-state index in [1.165, 1.54) is 13.2 Å². The molecule has 0 amide bonds. The summed E-state index contributed by atoms with van der Waals surface area (Å²) in [5, 5.41) is 5.30. The largest absolute Gasteiger partial charge is 0.468 e. The molecule has 3 rings (SSSR count). The van der Waals surface area contributed by atoms with Crippen LogP contribution < -0.4 is 0 Å². The summed E-state index contributed by atoms with van der Waals surface area (Å²) in [4.78, 5) is 11.6. The van der Waals surface area contributed by atoms with Crippen molar-refractivity contribution in [1.29, 1.82) is 0 Å². The lowest BCUT2D eigenvalue weighted by molar-refractivity contribution is -0.141. The Morgan fingerprint density at radius 2 is 2.04 bits per heavy atom. The standard InChI is InChI=1S/C18H17FN2O2/c1-11-7-8-15(19)14(9-11)17-13-6-4-5-12(2)18(13)21(20-17)10-16(22)23-3/h4-9H,10H2,1-3H3. The molecule has 0 aliphatic carbocycles. The maximum atomic E-state index is 14.3. The lowest BCUT2D eigenvalue weighted by atomic mass is 10.0. The predicted octanol–water partition coefficient (Wildman–Crippen LogP) is 3.63. The summed E-state index contributed by atoms with van der Waals surface area (Å²) >= 11 is 0. The molecule has 5 heteroatoms. The molecule has 0 N–H and O–H groups in total. The van der Waals surface area contributed by atoms with Gasteiger partial charge in [0, 0.05) is 10.9 Å². The van der Waals surface area contributed by atoms with E-state index >= 15 is 0 Å². The zero-order chi connectivity index (χ0) is 16.6. The first-order valence-corrected chi connectivity index (χ1v) is 7.30. The van der Waals surface area contributed by atoms with Gasteiger partial charge in [0.2, 0.25) is 0 Å². The van der Waals surface area contributed by atoms with Crippen LogP contribution in [0.5, 0.6) is 0 Å². The first-order valence-electron chi connectivity index (χ1n) is 7.30. The summed E-state index contributed by atoms with van der Waals surface area (Å²) in [5.41, 5.74) is 3.70. The van der Waals surface area contributed by atoms with E-state index in [0.717, 1.165) is 22.0 Å². The van der Waals surface area contributed by atoms with Crippen LogP contribution in [-0.2, 0) is 16.1 Å². The average Bonchev–Trinajstić information content (AvgIpc) is 2.89. The number of halogens is 1. The molecule has 0 atom stereocenters. The fraction of sp³-hybridized carbons (Fsp3) is 0.222. The van der Waals surface area contributed by atoms with E-state index in [9.17, 15) is 9.18 Å². The number of carbonyl (C=O) groups is 1. The van der Waals surface area contributed by atoms with Crippen molar-refractivity contribution in [3.8, 4) is 11.3 Å². The molecule has 23 heavy (non-hydrogen) atoms. The number of carbonyl (C=O) groups excluding carboxylic acids is 1. The fourth-order valence-electron chi connectivity index (χ4n) is 2.74. The highest BCUT2D eigenvalue weighted by Crippen LogP contribution is 2.32. The van der Waals surface area contributed by atoms with Gasteiger partial charge in [0.1, 0.15) is 18.1 Å². The summed E-state index contributed by atoms with van der Waals surface area (Å²) < 4.78 is 20.6. The minimum absolute atomic E-state index is 0.00864. The van der Waals surface area contributed by atoms with Crippen molar-refractivity contribution in [1.82, 2.24) is 9.78 Å². The van der Waals surface area contributed by atoms with Crippen LogP contribution in [0.3, 0.4) is 0 Å². The van der Waals surface area contributed by atoms with Gasteiger partial charge in [-0.25, -0.2) is 4.39 Å². The van der Waals surface area contributed by atoms with E-state index in [0.29, 0.717) is 11.3 Å².